The van der Waals surface area contributed by atoms with E-state index in [0.717, 1.165) is 19.3 Å². The first-order chi connectivity index (χ1) is 8.01. The first kappa shape index (κ1) is 15.7. The highest BCUT2D eigenvalue weighted by atomic mass is 16.5. The van der Waals surface area contributed by atoms with E-state index in [1.807, 2.05) is 6.92 Å². The van der Waals surface area contributed by atoms with E-state index in [2.05, 4.69) is 22.3 Å². The first-order valence-corrected chi connectivity index (χ1v) is 6.16. The molecule has 0 saturated heterocycles. The summed E-state index contributed by atoms with van der Waals surface area (Å²) < 4.78 is 4.52. The Morgan fingerprint density at radius 3 is 2.35 bits per heavy atom. The summed E-state index contributed by atoms with van der Waals surface area (Å²) >= 11 is 0. The van der Waals surface area contributed by atoms with Gasteiger partial charge in [0.15, 0.2) is 0 Å². The Balaban J connectivity index is 3.81. The van der Waals surface area contributed by atoms with Crippen molar-refractivity contribution in [2.45, 2.75) is 58.5 Å². The number of methoxy groups -OCH3 is 1. The SMILES string of the molecule is CCCCCC(C)NC(=O)N[C@@H](C)C(=O)OC. The van der Waals surface area contributed by atoms with Gasteiger partial charge < -0.3 is 15.4 Å². The molecule has 0 aliphatic carbocycles. The standard InChI is InChI=1S/C12H24N2O3/c1-5-6-7-8-9(2)13-12(16)14-10(3)11(15)17-4/h9-10H,5-8H2,1-4H3,(H2,13,14,16)/t9?,10-/m0/s1. The zero-order chi connectivity index (χ0) is 13.3. The lowest BCUT2D eigenvalue weighted by molar-refractivity contribution is -0.142. The summed E-state index contributed by atoms with van der Waals surface area (Å²) in [5.41, 5.74) is 0. The number of nitrogens with one attached hydrogen (secondary N) is 2. The van der Waals surface area contributed by atoms with Crippen molar-refractivity contribution in [1.82, 2.24) is 10.6 Å². The lowest BCUT2D eigenvalue weighted by Gasteiger charge is -2.16. The molecule has 0 heterocycles. The van der Waals surface area contributed by atoms with E-state index >= 15 is 0 Å². The van der Waals surface area contributed by atoms with Crippen LogP contribution in [0.15, 0.2) is 0 Å². The van der Waals surface area contributed by atoms with Crippen LogP contribution in [-0.4, -0.2) is 31.2 Å². The van der Waals surface area contributed by atoms with Crippen LogP contribution in [0, 0.1) is 0 Å². The number of amides is 2. The molecule has 0 spiro atoms. The third kappa shape index (κ3) is 7.60. The maximum atomic E-state index is 11.5. The third-order valence-electron chi connectivity index (χ3n) is 2.52. The molecule has 2 amide bonds. The molecule has 0 fully saturated rings. The van der Waals surface area contributed by atoms with E-state index in [4.69, 9.17) is 0 Å². The van der Waals surface area contributed by atoms with Gasteiger partial charge in [0.2, 0.25) is 0 Å². The van der Waals surface area contributed by atoms with Crippen molar-refractivity contribution in [2.24, 2.45) is 0 Å². The number of ether oxygens (including phenoxy) is 1. The number of unbranched alkanes of at least 4 members (excludes halogenated alkanes) is 2. The van der Waals surface area contributed by atoms with Crippen molar-refractivity contribution in [3.63, 3.8) is 0 Å². The zero-order valence-corrected chi connectivity index (χ0v) is 11.2. The summed E-state index contributed by atoms with van der Waals surface area (Å²) in [6.07, 6.45) is 4.39. The van der Waals surface area contributed by atoms with Crippen LogP contribution in [0.25, 0.3) is 0 Å². The Kier molecular flexibility index (Phi) is 8.19. The van der Waals surface area contributed by atoms with E-state index in [0.29, 0.717) is 0 Å². The normalized spacial score (nSPS) is 13.6. The summed E-state index contributed by atoms with van der Waals surface area (Å²) in [6.45, 7) is 5.69. The van der Waals surface area contributed by atoms with Crippen LogP contribution in [0.3, 0.4) is 0 Å². The number of esters is 1. The van der Waals surface area contributed by atoms with E-state index in [9.17, 15) is 9.59 Å². The summed E-state index contributed by atoms with van der Waals surface area (Å²) in [6, 6.07) is -0.832. The van der Waals surface area contributed by atoms with Crippen molar-refractivity contribution in [3.8, 4) is 0 Å². The fourth-order valence-corrected chi connectivity index (χ4v) is 1.47. The molecule has 1 unspecified atom stereocenters. The molecule has 2 atom stereocenters. The average molecular weight is 244 g/mol. The lowest BCUT2D eigenvalue weighted by atomic mass is 10.1. The van der Waals surface area contributed by atoms with Crippen molar-refractivity contribution < 1.29 is 14.3 Å². The van der Waals surface area contributed by atoms with Gasteiger partial charge in [0.05, 0.1) is 7.11 Å². The molecular formula is C12H24N2O3. The second-order valence-corrected chi connectivity index (χ2v) is 4.26. The number of carbonyl (C=O) groups excluding carboxylic acids is 2. The Morgan fingerprint density at radius 1 is 1.18 bits per heavy atom. The fraction of sp³-hybridized carbons (Fsp3) is 0.833. The minimum atomic E-state index is -0.622. The van der Waals surface area contributed by atoms with Gasteiger partial charge in [-0.3, -0.25) is 0 Å². The van der Waals surface area contributed by atoms with Gasteiger partial charge in [-0.1, -0.05) is 26.2 Å². The molecule has 0 aliphatic rings. The van der Waals surface area contributed by atoms with Crippen LogP contribution < -0.4 is 10.6 Å². The summed E-state index contributed by atoms with van der Waals surface area (Å²) in [7, 11) is 1.30. The predicted octanol–water partition coefficient (Wildman–Crippen LogP) is 1.82. The maximum Gasteiger partial charge on any atom is 0.328 e. The third-order valence-corrected chi connectivity index (χ3v) is 2.52. The van der Waals surface area contributed by atoms with Crippen LogP contribution >= 0.6 is 0 Å². The Bertz CT molecular complexity index is 244. The second-order valence-electron chi connectivity index (χ2n) is 4.26. The van der Waals surface area contributed by atoms with Crippen molar-refractivity contribution >= 4 is 12.0 Å². The van der Waals surface area contributed by atoms with Gasteiger partial charge in [0.25, 0.3) is 0 Å². The smallest absolute Gasteiger partial charge is 0.328 e. The van der Waals surface area contributed by atoms with Gasteiger partial charge in [-0.15, -0.1) is 0 Å². The topological polar surface area (TPSA) is 67.4 Å². The van der Waals surface area contributed by atoms with Crippen LogP contribution in [-0.2, 0) is 9.53 Å². The lowest BCUT2D eigenvalue weighted by Crippen LogP contribution is -2.47. The number of hydrogen-bond acceptors (Lipinski definition) is 3. The molecule has 0 aromatic rings. The van der Waals surface area contributed by atoms with Gasteiger partial charge >= 0.3 is 12.0 Å². The van der Waals surface area contributed by atoms with E-state index < -0.39 is 12.0 Å². The van der Waals surface area contributed by atoms with Crippen molar-refractivity contribution in [3.05, 3.63) is 0 Å². The summed E-state index contributed by atoms with van der Waals surface area (Å²) in [4.78, 5) is 22.6. The Labute approximate surface area is 103 Å². The number of rotatable bonds is 7. The molecule has 0 aliphatic heterocycles. The van der Waals surface area contributed by atoms with Gasteiger partial charge in [0.1, 0.15) is 6.04 Å². The Hall–Kier alpha value is -1.26. The molecule has 5 heteroatoms. The molecular weight excluding hydrogens is 220 g/mol. The van der Waals surface area contributed by atoms with Crippen LogP contribution in [0.1, 0.15) is 46.5 Å². The van der Waals surface area contributed by atoms with Gasteiger partial charge in [-0.25, -0.2) is 9.59 Å². The largest absolute Gasteiger partial charge is 0.467 e. The monoisotopic (exact) mass is 244 g/mol. The zero-order valence-electron chi connectivity index (χ0n) is 11.2. The molecule has 0 saturated carbocycles. The molecule has 0 aromatic carbocycles. The van der Waals surface area contributed by atoms with E-state index in [1.165, 1.54) is 13.5 Å². The minimum absolute atomic E-state index is 0.117. The van der Waals surface area contributed by atoms with Crippen molar-refractivity contribution in [1.29, 1.82) is 0 Å². The molecule has 0 radical (unpaired) electrons. The highest BCUT2D eigenvalue weighted by Gasteiger charge is 2.16. The molecule has 0 rings (SSSR count). The van der Waals surface area contributed by atoms with E-state index in [1.54, 1.807) is 6.92 Å². The highest BCUT2D eigenvalue weighted by Crippen LogP contribution is 2.02. The Morgan fingerprint density at radius 2 is 1.82 bits per heavy atom. The van der Waals surface area contributed by atoms with Gasteiger partial charge in [-0.05, 0) is 20.3 Å². The molecule has 2 N–H and O–H groups in total. The number of carbonyl (C=O) groups is 2. The molecule has 0 aromatic heterocycles. The number of urea groups is 1. The molecule has 100 valence electrons. The maximum absolute atomic E-state index is 11.5. The second kappa shape index (κ2) is 8.84. The first-order valence-electron chi connectivity index (χ1n) is 6.16. The number of hydrogen-bond donors (Lipinski definition) is 2. The summed E-state index contributed by atoms with van der Waals surface area (Å²) in [5.74, 6) is -0.446. The average Bonchev–Trinajstić information content (AvgIpc) is 2.27. The summed E-state index contributed by atoms with van der Waals surface area (Å²) in [5, 5.41) is 5.32. The van der Waals surface area contributed by atoms with Crippen molar-refractivity contribution in [2.75, 3.05) is 7.11 Å². The molecule has 5 nitrogen and oxygen atoms in total. The van der Waals surface area contributed by atoms with Crippen LogP contribution in [0.2, 0.25) is 0 Å². The van der Waals surface area contributed by atoms with Gasteiger partial charge in [0, 0.05) is 6.04 Å². The predicted molar refractivity (Wildman–Crippen MR) is 66.7 cm³/mol. The van der Waals surface area contributed by atoms with E-state index in [-0.39, 0.29) is 12.1 Å². The quantitative estimate of drug-likeness (QED) is 0.530. The molecule has 0 bridgehead atoms. The fourth-order valence-electron chi connectivity index (χ4n) is 1.47. The van der Waals surface area contributed by atoms with Crippen LogP contribution in [0.5, 0.6) is 0 Å². The van der Waals surface area contributed by atoms with Gasteiger partial charge in [-0.2, -0.15) is 0 Å². The van der Waals surface area contributed by atoms with Crippen LogP contribution in [0.4, 0.5) is 4.79 Å². The minimum Gasteiger partial charge on any atom is -0.467 e. The highest BCUT2D eigenvalue weighted by molar-refractivity contribution is 5.83. The molecule has 17 heavy (non-hydrogen) atoms.